The fourth-order valence-electron chi connectivity index (χ4n) is 1.46. The van der Waals surface area contributed by atoms with Crippen molar-refractivity contribution in [3.05, 3.63) is 34.9 Å². The van der Waals surface area contributed by atoms with Crippen molar-refractivity contribution >= 4 is 5.97 Å². The molecule has 0 heterocycles. The highest BCUT2D eigenvalue weighted by Gasteiger charge is 2.12. The smallest absolute Gasteiger partial charge is 0.305 e. The van der Waals surface area contributed by atoms with E-state index in [1.54, 1.807) is 0 Å². The van der Waals surface area contributed by atoms with Crippen molar-refractivity contribution in [2.24, 2.45) is 5.73 Å². The van der Waals surface area contributed by atoms with Crippen LogP contribution < -0.4 is 5.73 Å². The van der Waals surface area contributed by atoms with Crippen molar-refractivity contribution in [2.75, 3.05) is 0 Å². The Morgan fingerprint density at radius 3 is 2.71 bits per heavy atom. The van der Waals surface area contributed by atoms with Crippen molar-refractivity contribution < 1.29 is 9.90 Å². The minimum Gasteiger partial charge on any atom is -0.481 e. The summed E-state index contributed by atoms with van der Waals surface area (Å²) in [6.07, 6.45) is -0.0235. The minimum atomic E-state index is -0.863. The number of rotatable bonds is 3. The van der Waals surface area contributed by atoms with Crippen LogP contribution in [0.3, 0.4) is 0 Å². The first-order chi connectivity index (χ1) is 6.50. The number of aliphatic carboxylic acids is 1. The molecule has 3 N–H and O–H groups in total. The Morgan fingerprint density at radius 2 is 2.14 bits per heavy atom. The van der Waals surface area contributed by atoms with Crippen molar-refractivity contribution in [1.29, 1.82) is 0 Å². The maximum Gasteiger partial charge on any atom is 0.305 e. The zero-order valence-electron chi connectivity index (χ0n) is 8.45. The summed E-state index contributed by atoms with van der Waals surface area (Å²) in [6, 6.07) is 5.49. The molecule has 0 amide bonds. The van der Waals surface area contributed by atoms with Crippen molar-refractivity contribution in [1.82, 2.24) is 0 Å². The van der Waals surface area contributed by atoms with Gasteiger partial charge in [0.25, 0.3) is 0 Å². The predicted octanol–water partition coefficient (Wildman–Crippen LogP) is 1.78. The molecule has 0 fully saturated rings. The Balaban J connectivity index is 2.93. The first-order valence-electron chi connectivity index (χ1n) is 4.55. The Bertz CT molecular complexity index is 347. The molecule has 1 aromatic carbocycles. The normalized spacial score (nSPS) is 12.5. The lowest BCUT2D eigenvalue weighted by Gasteiger charge is -2.13. The van der Waals surface area contributed by atoms with Crippen molar-refractivity contribution in [3.8, 4) is 0 Å². The molecule has 14 heavy (non-hydrogen) atoms. The summed E-state index contributed by atoms with van der Waals surface area (Å²) >= 11 is 0. The molecule has 3 heteroatoms. The predicted molar refractivity (Wildman–Crippen MR) is 55.1 cm³/mol. The van der Waals surface area contributed by atoms with E-state index in [1.807, 2.05) is 32.0 Å². The van der Waals surface area contributed by atoms with Gasteiger partial charge in [-0.05, 0) is 25.0 Å². The second-order valence-electron chi connectivity index (χ2n) is 3.56. The molecule has 3 nitrogen and oxygen atoms in total. The highest BCUT2D eigenvalue weighted by Crippen LogP contribution is 2.19. The number of carbonyl (C=O) groups is 1. The van der Waals surface area contributed by atoms with E-state index < -0.39 is 12.0 Å². The molecule has 0 aliphatic rings. The number of hydrogen-bond donors (Lipinski definition) is 2. The zero-order valence-corrected chi connectivity index (χ0v) is 8.45. The number of benzene rings is 1. The second kappa shape index (κ2) is 4.24. The molecule has 0 aromatic heterocycles. The van der Waals surface area contributed by atoms with Gasteiger partial charge in [0.05, 0.1) is 6.42 Å². The average molecular weight is 193 g/mol. The van der Waals surface area contributed by atoms with Gasteiger partial charge in [-0.2, -0.15) is 0 Å². The van der Waals surface area contributed by atoms with E-state index in [2.05, 4.69) is 0 Å². The molecular weight excluding hydrogens is 178 g/mol. The molecule has 0 saturated heterocycles. The van der Waals surface area contributed by atoms with Crippen LogP contribution in [0.2, 0.25) is 0 Å². The van der Waals surface area contributed by atoms with Crippen LogP contribution in [0.4, 0.5) is 0 Å². The molecule has 1 aromatic rings. The Morgan fingerprint density at radius 1 is 1.50 bits per heavy atom. The third kappa shape index (κ3) is 2.57. The fourth-order valence-corrected chi connectivity index (χ4v) is 1.46. The molecule has 0 unspecified atom stereocenters. The van der Waals surface area contributed by atoms with E-state index in [-0.39, 0.29) is 6.42 Å². The second-order valence-corrected chi connectivity index (χ2v) is 3.56. The largest absolute Gasteiger partial charge is 0.481 e. The minimum absolute atomic E-state index is 0.0235. The van der Waals surface area contributed by atoms with Crippen LogP contribution in [-0.2, 0) is 4.79 Å². The lowest BCUT2D eigenvalue weighted by atomic mass is 9.97. The van der Waals surface area contributed by atoms with Crippen LogP contribution in [0, 0.1) is 13.8 Å². The Hall–Kier alpha value is -1.35. The monoisotopic (exact) mass is 193 g/mol. The summed E-state index contributed by atoms with van der Waals surface area (Å²) in [7, 11) is 0. The molecule has 0 bridgehead atoms. The van der Waals surface area contributed by atoms with Crippen molar-refractivity contribution in [2.45, 2.75) is 26.3 Å². The number of nitrogens with two attached hydrogens (primary N) is 1. The number of hydrogen-bond acceptors (Lipinski definition) is 2. The summed E-state index contributed by atoms with van der Waals surface area (Å²) in [4.78, 5) is 10.5. The molecule has 0 saturated carbocycles. The highest BCUT2D eigenvalue weighted by molar-refractivity contribution is 5.68. The first-order valence-corrected chi connectivity index (χ1v) is 4.55. The lowest BCUT2D eigenvalue weighted by Crippen LogP contribution is -2.16. The summed E-state index contributed by atoms with van der Waals surface area (Å²) in [5.41, 5.74) is 8.86. The Labute approximate surface area is 83.6 Å². The number of aryl methyl sites for hydroxylation is 2. The average Bonchev–Trinajstić information content (AvgIpc) is 2.08. The maximum absolute atomic E-state index is 10.5. The van der Waals surface area contributed by atoms with Crippen LogP contribution in [0.1, 0.15) is 29.2 Å². The van der Waals surface area contributed by atoms with Gasteiger partial charge in [-0.25, -0.2) is 0 Å². The van der Waals surface area contributed by atoms with Gasteiger partial charge in [0.2, 0.25) is 0 Å². The highest BCUT2D eigenvalue weighted by atomic mass is 16.4. The standard InChI is InChI=1S/C11H15NO2/c1-7-3-4-8(2)9(5-7)10(12)6-11(13)14/h3-5,10H,6,12H2,1-2H3,(H,13,14)/t10-/m1/s1. The van der Waals surface area contributed by atoms with Crippen LogP contribution in [0.15, 0.2) is 18.2 Å². The van der Waals surface area contributed by atoms with Gasteiger partial charge in [-0.1, -0.05) is 23.8 Å². The van der Waals surface area contributed by atoms with Gasteiger partial charge in [-0.3, -0.25) is 4.79 Å². The van der Waals surface area contributed by atoms with E-state index in [1.165, 1.54) is 0 Å². The summed E-state index contributed by atoms with van der Waals surface area (Å²) in [6.45, 7) is 3.91. The van der Waals surface area contributed by atoms with Gasteiger partial charge in [0.1, 0.15) is 0 Å². The van der Waals surface area contributed by atoms with Gasteiger partial charge in [0.15, 0.2) is 0 Å². The van der Waals surface area contributed by atoms with Crippen LogP contribution in [-0.4, -0.2) is 11.1 Å². The molecule has 76 valence electrons. The molecule has 1 atom stereocenters. The molecule has 0 aliphatic carbocycles. The third-order valence-corrected chi connectivity index (χ3v) is 2.23. The molecule has 1 rings (SSSR count). The Kier molecular flexibility index (Phi) is 3.25. The SMILES string of the molecule is Cc1ccc(C)c([C@H](N)CC(=O)O)c1. The third-order valence-electron chi connectivity index (χ3n) is 2.23. The topological polar surface area (TPSA) is 63.3 Å². The summed E-state index contributed by atoms with van der Waals surface area (Å²) in [5.74, 6) is -0.863. The van der Waals surface area contributed by atoms with Gasteiger partial charge in [-0.15, -0.1) is 0 Å². The molecule has 0 radical (unpaired) electrons. The van der Waals surface area contributed by atoms with Crippen LogP contribution in [0.5, 0.6) is 0 Å². The van der Waals surface area contributed by atoms with Gasteiger partial charge in [0, 0.05) is 6.04 Å². The van der Waals surface area contributed by atoms with E-state index in [0.29, 0.717) is 0 Å². The fraction of sp³-hybridized carbons (Fsp3) is 0.364. The first kappa shape index (κ1) is 10.7. The van der Waals surface area contributed by atoms with Crippen LogP contribution >= 0.6 is 0 Å². The van der Waals surface area contributed by atoms with Crippen molar-refractivity contribution in [3.63, 3.8) is 0 Å². The summed E-state index contributed by atoms with van der Waals surface area (Å²) < 4.78 is 0. The number of carboxylic acid groups (broad SMARTS) is 1. The van der Waals surface area contributed by atoms with E-state index in [0.717, 1.165) is 16.7 Å². The van der Waals surface area contributed by atoms with E-state index >= 15 is 0 Å². The van der Waals surface area contributed by atoms with Gasteiger partial charge >= 0.3 is 5.97 Å². The van der Waals surface area contributed by atoms with E-state index in [9.17, 15) is 4.79 Å². The van der Waals surface area contributed by atoms with E-state index in [4.69, 9.17) is 10.8 Å². The summed E-state index contributed by atoms with van der Waals surface area (Å²) in [5, 5.41) is 8.63. The molecule has 0 aliphatic heterocycles. The molecular formula is C11H15NO2. The number of carboxylic acids is 1. The molecule has 0 spiro atoms. The lowest BCUT2D eigenvalue weighted by molar-refractivity contribution is -0.137. The maximum atomic E-state index is 10.5. The van der Waals surface area contributed by atoms with Gasteiger partial charge < -0.3 is 10.8 Å². The van der Waals surface area contributed by atoms with Crippen LogP contribution in [0.25, 0.3) is 0 Å². The zero-order chi connectivity index (χ0) is 10.7. The quantitative estimate of drug-likeness (QED) is 0.769.